The predicted octanol–water partition coefficient (Wildman–Crippen LogP) is 4.60. The number of Topliss-reactive ketones (excluding diaryl/α,β-unsaturated/α-hetero) is 1. The highest BCUT2D eigenvalue weighted by Crippen LogP contribution is 2.43. The first-order valence-electron chi connectivity index (χ1n) is 10.6. The zero-order chi connectivity index (χ0) is 24.6. The van der Waals surface area contributed by atoms with Crippen LogP contribution in [-0.2, 0) is 9.59 Å². The third-order valence-electron chi connectivity index (χ3n) is 5.88. The Hall–Kier alpha value is -4.46. The first kappa shape index (κ1) is 22.7. The molecular weight excluding hydrogens is 434 g/mol. The lowest BCUT2D eigenvalue weighted by atomic mass is 9.94. The molecule has 1 aliphatic heterocycles. The van der Waals surface area contributed by atoms with E-state index in [-0.39, 0.29) is 16.8 Å². The fraction of sp³-hybridized carbons (Fsp3) is 0.154. The molecule has 0 radical (unpaired) electrons. The maximum Gasteiger partial charge on any atom is 0.300 e. The van der Waals surface area contributed by atoms with Crippen LogP contribution in [0.5, 0.6) is 0 Å². The summed E-state index contributed by atoms with van der Waals surface area (Å²) in [5, 5.41) is 22.4. The second-order valence-electron chi connectivity index (χ2n) is 8.25. The number of aliphatic hydroxyl groups is 1. The lowest BCUT2D eigenvalue weighted by Gasteiger charge is -2.27. The summed E-state index contributed by atoms with van der Waals surface area (Å²) in [6, 6.07) is 19.0. The van der Waals surface area contributed by atoms with Crippen LogP contribution in [0.4, 0.5) is 17.1 Å². The first-order valence-corrected chi connectivity index (χ1v) is 10.6. The van der Waals surface area contributed by atoms with E-state index in [0.717, 1.165) is 11.3 Å². The number of amides is 1. The number of rotatable bonds is 5. The van der Waals surface area contributed by atoms with E-state index < -0.39 is 28.4 Å². The van der Waals surface area contributed by atoms with E-state index in [2.05, 4.69) is 0 Å². The molecule has 0 saturated carbocycles. The largest absolute Gasteiger partial charge is 0.507 e. The van der Waals surface area contributed by atoms with Gasteiger partial charge in [0.2, 0.25) is 0 Å². The summed E-state index contributed by atoms with van der Waals surface area (Å²) in [6.07, 6.45) is 0. The van der Waals surface area contributed by atoms with Gasteiger partial charge >= 0.3 is 0 Å². The molecule has 8 nitrogen and oxygen atoms in total. The van der Waals surface area contributed by atoms with Crippen LogP contribution in [-0.4, -0.2) is 35.8 Å². The average Bonchev–Trinajstić information content (AvgIpc) is 3.09. The van der Waals surface area contributed by atoms with Crippen LogP contribution >= 0.6 is 0 Å². The Morgan fingerprint density at radius 1 is 1.00 bits per heavy atom. The van der Waals surface area contributed by atoms with Gasteiger partial charge in [-0.1, -0.05) is 42.5 Å². The number of anilines is 2. The standard InChI is InChI=1S/C26H23N3O5/c1-16-7-4-5-10-21(16)28-23(17-11-13-19(14-12-17)27(2)3)22(25(31)26(28)32)24(30)18-8-6-9-20(15-18)29(33)34/h4-15,23,30H,1-3H3/b24-22-. The predicted molar refractivity (Wildman–Crippen MR) is 130 cm³/mol. The van der Waals surface area contributed by atoms with E-state index in [4.69, 9.17) is 0 Å². The van der Waals surface area contributed by atoms with Crippen LogP contribution in [0.15, 0.2) is 78.4 Å². The number of carbonyl (C=O) groups is 2. The van der Waals surface area contributed by atoms with Crippen molar-refractivity contribution in [3.05, 3.63) is 105 Å². The van der Waals surface area contributed by atoms with Crippen LogP contribution in [0.1, 0.15) is 22.7 Å². The number of nitrogens with zero attached hydrogens (tertiary/aromatic N) is 3. The highest BCUT2D eigenvalue weighted by Gasteiger charge is 2.47. The molecule has 3 aromatic carbocycles. The molecule has 3 aromatic rings. The average molecular weight is 457 g/mol. The molecule has 1 fully saturated rings. The monoisotopic (exact) mass is 457 g/mol. The molecule has 172 valence electrons. The quantitative estimate of drug-likeness (QED) is 0.198. The van der Waals surface area contributed by atoms with Crippen molar-refractivity contribution in [1.29, 1.82) is 0 Å². The van der Waals surface area contributed by atoms with Crippen LogP contribution < -0.4 is 9.80 Å². The number of para-hydroxylation sites is 1. The maximum atomic E-state index is 13.3. The molecule has 1 heterocycles. The number of hydrogen-bond donors (Lipinski definition) is 1. The van der Waals surface area contributed by atoms with Gasteiger partial charge in [0, 0.05) is 43.2 Å². The zero-order valence-corrected chi connectivity index (χ0v) is 18.9. The summed E-state index contributed by atoms with van der Waals surface area (Å²) in [5.74, 6) is -2.09. The summed E-state index contributed by atoms with van der Waals surface area (Å²) in [6.45, 7) is 1.83. The van der Waals surface area contributed by atoms with E-state index in [0.29, 0.717) is 11.3 Å². The molecule has 1 atom stereocenters. The van der Waals surface area contributed by atoms with Gasteiger partial charge in [-0.25, -0.2) is 0 Å². The molecule has 0 aromatic heterocycles. The number of nitro benzene ring substituents is 1. The van der Waals surface area contributed by atoms with E-state index in [1.807, 2.05) is 50.2 Å². The van der Waals surface area contributed by atoms with Crippen LogP contribution in [0, 0.1) is 17.0 Å². The van der Waals surface area contributed by atoms with Crippen molar-refractivity contribution in [3.8, 4) is 0 Å². The summed E-state index contributed by atoms with van der Waals surface area (Å²) < 4.78 is 0. The Labute approximate surface area is 196 Å². The van der Waals surface area contributed by atoms with Gasteiger partial charge < -0.3 is 10.0 Å². The Morgan fingerprint density at radius 3 is 2.29 bits per heavy atom. The van der Waals surface area contributed by atoms with E-state index >= 15 is 0 Å². The normalized spacial score (nSPS) is 17.1. The number of aliphatic hydroxyl groups excluding tert-OH is 1. The molecule has 1 amide bonds. The molecule has 0 spiro atoms. The smallest absolute Gasteiger partial charge is 0.300 e. The molecule has 1 N–H and O–H groups in total. The van der Waals surface area contributed by atoms with Crippen molar-refractivity contribution < 1.29 is 19.6 Å². The van der Waals surface area contributed by atoms with Crippen molar-refractivity contribution in [2.75, 3.05) is 23.9 Å². The van der Waals surface area contributed by atoms with Gasteiger partial charge in [-0.2, -0.15) is 0 Å². The van der Waals surface area contributed by atoms with Crippen molar-refractivity contribution in [1.82, 2.24) is 0 Å². The lowest BCUT2D eigenvalue weighted by Crippen LogP contribution is -2.30. The number of non-ortho nitro benzene ring substituents is 1. The molecule has 4 rings (SSSR count). The Kier molecular flexibility index (Phi) is 5.89. The highest BCUT2D eigenvalue weighted by atomic mass is 16.6. The van der Waals surface area contributed by atoms with Gasteiger partial charge in [-0.3, -0.25) is 24.6 Å². The summed E-state index contributed by atoms with van der Waals surface area (Å²) in [4.78, 5) is 40.4. The van der Waals surface area contributed by atoms with Crippen LogP contribution in [0.2, 0.25) is 0 Å². The molecule has 1 aliphatic rings. The molecule has 0 aliphatic carbocycles. The molecule has 1 saturated heterocycles. The van der Waals surface area contributed by atoms with Gasteiger partial charge in [-0.15, -0.1) is 0 Å². The van der Waals surface area contributed by atoms with Crippen molar-refractivity contribution in [2.45, 2.75) is 13.0 Å². The molecule has 1 unspecified atom stereocenters. The summed E-state index contributed by atoms with van der Waals surface area (Å²) in [7, 11) is 3.80. The van der Waals surface area contributed by atoms with E-state index in [1.165, 1.54) is 29.2 Å². The topological polar surface area (TPSA) is 104 Å². The second kappa shape index (κ2) is 8.82. The van der Waals surface area contributed by atoms with Gasteiger partial charge in [0.1, 0.15) is 5.76 Å². The molecular formula is C26H23N3O5. The fourth-order valence-corrected chi connectivity index (χ4v) is 4.11. The minimum absolute atomic E-state index is 0.0897. The number of ketones is 1. The van der Waals surface area contributed by atoms with E-state index in [9.17, 15) is 24.8 Å². The van der Waals surface area contributed by atoms with Crippen molar-refractivity contribution in [3.63, 3.8) is 0 Å². The third kappa shape index (κ3) is 3.90. The van der Waals surface area contributed by atoms with Gasteiger partial charge in [0.25, 0.3) is 17.4 Å². The molecule has 0 bridgehead atoms. The lowest BCUT2D eigenvalue weighted by molar-refractivity contribution is -0.384. The van der Waals surface area contributed by atoms with E-state index in [1.54, 1.807) is 24.3 Å². The minimum atomic E-state index is -0.906. The SMILES string of the molecule is Cc1ccccc1N1C(=O)C(=O)/C(=C(\O)c2cccc([N+](=O)[O-])c2)C1c1ccc(N(C)C)cc1. The third-order valence-corrected chi connectivity index (χ3v) is 5.88. The first-order chi connectivity index (χ1) is 16.2. The number of nitro groups is 1. The number of benzene rings is 3. The number of aryl methyl sites for hydroxylation is 1. The Bertz CT molecular complexity index is 1330. The molecule has 8 heteroatoms. The van der Waals surface area contributed by atoms with Gasteiger partial charge in [0.15, 0.2) is 0 Å². The number of carbonyl (C=O) groups excluding carboxylic acids is 2. The van der Waals surface area contributed by atoms with Crippen LogP contribution in [0.3, 0.4) is 0 Å². The second-order valence-corrected chi connectivity index (χ2v) is 8.25. The van der Waals surface area contributed by atoms with Gasteiger partial charge in [-0.05, 0) is 36.2 Å². The molecule has 34 heavy (non-hydrogen) atoms. The maximum absolute atomic E-state index is 13.3. The number of hydrogen-bond acceptors (Lipinski definition) is 6. The Morgan fingerprint density at radius 2 is 1.68 bits per heavy atom. The summed E-state index contributed by atoms with van der Waals surface area (Å²) >= 11 is 0. The van der Waals surface area contributed by atoms with Crippen LogP contribution in [0.25, 0.3) is 5.76 Å². The highest BCUT2D eigenvalue weighted by molar-refractivity contribution is 6.51. The van der Waals surface area contributed by atoms with Crippen molar-refractivity contribution in [2.24, 2.45) is 0 Å². The Balaban J connectivity index is 1.95. The summed E-state index contributed by atoms with van der Waals surface area (Å²) in [5.41, 5.74) is 2.62. The zero-order valence-electron chi connectivity index (χ0n) is 18.9. The minimum Gasteiger partial charge on any atom is -0.507 e. The van der Waals surface area contributed by atoms with Crippen molar-refractivity contribution >= 4 is 34.5 Å². The van der Waals surface area contributed by atoms with Gasteiger partial charge in [0.05, 0.1) is 16.5 Å². The fourth-order valence-electron chi connectivity index (χ4n) is 4.11.